The molecule has 3 saturated heterocycles. The van der Waals surface area contributed by atoms with E-state index in [-0.39, 0.29) is 5.91 Å². The molecule has 0 saturated carbocycles. The van der Waals surface area contributed by atoms with E-state index in [9.17, 15) is 4.79 Å². The summed E-state index contributed by atoms with van der Waals surface area (Å²) < 4.78 is 0. The smallest absolute Gasteiger partial charge is 0.251 e. The Labute approximate surface area is 192 Å². The van der Waals surface area contributed by atoms with Crippen molar-refractivity contribution in [3.8, 4) is 0 Å². The number of nitrogens with one attached hydrogen (secondary N) is 1. The first-order chi connectivity index (χ1) is 15.5. The molecule has 1 N–H and O–H groups in total. The Morgan fingerprint density at radius 2 is 1.97 bits per heavy atom. The van der Waals surface area contributed by atoms with Gasteiger partial charge in [-0.2, -0.15) is 0 Å². The van der Waals surface area contributed by atoms with E-state index in [1.165, 1.54) is 18.5 Å². The zero-order chi connectivity index (χ0) is 22.5. The number of likely N-dealkylation sites (N-methyl/N-ethyl adjacent to an activating group) is 1. The number of benzene rings is 1. The van der Waals surface area contributed by atoms with Crippen molar-refractivity contribution >= 4 is 11.6 Å². The zero-order valence-corrected chi connectivity index (χ0v) is 19.7. The lowest BCUT2D eigenvalue weighted by molar-refractivity contribution is -0.00870. The lowest BCUT2D eigenvalue weighted by atomic mass is 9.75. The topological polar surface area (TPSA) is 51.7 Å². The highest BCUT2D eigenvalue weighted by Crippen LogP contribution is 2.36. The van der Waals surface area contributed by atoms with Crippen LogP contribution >= 0.6 is 0 Å². The summed E-state index contributed by atoms with van der Waals surface area (Å²) >= 11 is 0. The number of nitrogens with zero attached hydrogens (tertiary/aromatic N) is 4. The third kappa shape index (κ3) is 5.67. The summed E-state index contributed by atoms with van der Waals surface area (Å²) in [4.78, 5) is 24.2. The molecule has 32 heavy (non-hydrogen) atoms. The molecule has 2 aromatic rings. The molecule has 1 aromatic carbocycles. The van der Waals surface area contributed by atoms with Gasteiger partial charge in [-0.15, -0.1) is 0 Å². The molecule has 172 valence electrons. The first kappa shape index (κ1) is 22.7. The van der Waals surface area contributed by atoms with E-state index < -0.39 is 0 Å². The number of rotatable bonds is 9. The van der Waals surface area contributed by atoms with Crippen LogP contribution in [-0.2, 0) is 6.42 Å². The summed E-state index contributed by atoms with van der Waals surface area (Å²) in [6.07, 6.45) is 5.36. The van der Waals surface area contributed by atoms with Crippen molar-refractivity contribution in [2.24, 2.45) is 11.8 Å². The number of piperidine rings is 3. The van der Waals surface area contributed by atoms with Gasteiger partial charge in [0.05, 0.1) is 0 Å². The van der Waals surface area contributed by atoms with Crippen LogP contribution in [0.3, 0.4) is 0 Å². The van der Waals surface area contributed by atoms with Crippen LogP contribution in [0.25, 0.3) is 0 Å². The highest BCUT2D eigenvalue weighted by molar-refractivity contribution is 5.94. The lowest BCUT2D eigenvalue weighted by Gasteiger charge is -2.50. The predicted octanol–water partition coefficient (Wildman–Crippen LogP) is 2.76. The van der Waals surface area contributed by atoms with Crippen molar-refractivity contribution in [2.75, 3.05) is 58.8 Å². The molecule has 4 heterocycles. The minimum Gasteiger partial charge on any atom is -0.378 e. The molecular formula is C26H37N5O. The van der Waals surface area contributed by atoms with Gasteiger partial charge in [-0.25, -0.2) is 0 Å². The van der Waals surface area contributed by atoms with E-state index in [1.54, 1.807) is 0 Å². The molecule has 1 amide bonds. The monoisotopic (exact) mass is 435 g/mol. The van der Waals surface area contributed by atoms with Crippen LogP contribution in [0.5, 0.6) is 0 Å². The Morgan fingerprint density at radius 3 is 2.62 bits per heavy atom. The van der Waals surface area contributed by atoms with Crippen molar-refractivity contribution in [3.63, 3.8) is 0 Å². The standard InChI is InChI=1S/C26H37N5O/c1-29(2)24-9-7-20(8-10-24)26(32)28-17-25-16-21-11-15-31(25)19-22(21)18-30(3)14-12-23-6-4-5-13-27-23/h4-10,13,21-22,25H,11-12,14-19H2,1-3H3,(H,28,32). The molecule has 3 aliphatic rings. The van der Waals surface area contributed by atoms with Gasteiger partial charge in [0.1, 0.15) is 0 Å². The maximum absolute atomic E-state index is 12.6. The van der Waals surface area contributed by atoms with Gasteiger partial charge in [0, 0.05) is 75.9 Å². The van der Waals surface area contributed by atoms with Crippen LogP contribution in [0.2, 0.25) is 0 Å². The van der Waals surface area contributed by atoms with Crippen molar-refractivity contribution in [1.82, 2.24) is 20.1 Å². The maximum Gasteiger partial charge on any atom is 0.251 e. The summed E-state index contributed by atoms with van der Waals surface area (Å²) in [6, 6.07) is 14.4. The average Bonchev–Trinajstić information content (AvgIpc) is 2.82. The Kier molecular flexibility index (Phi) is 7.43. The van der Waals surface area contributed by atoms with Gasteiger partial charge in [0.25, 0.3) is 5.91 Å². The normalized spacial score (nSPS) is 24.5. The van der Waals surface area contributed by atoms with E-state index in [0.29, 0.717) is 6.04 Å². The van der Waals surface area contributed by atoms with Crippen LogP contribution in [-0.4, -0.2) is 80.6 Å². The number of hydrogen-bond acceptors (Lipinski definition) is 5. The number of anilines is 1. The molecule has 5 rings (SSSR count). The van der Waals surface area contributed by atoms with E-state index in [2.05, 4.69) is 39.3 Å². The molecular weight excluding hydrogens is 398 g/mol. The minimum atomic E-state index is 0.0313. The summed E-state index contributed by atoms with van der Waals surface area (Å²) in [5, 5.41) is 3.18. The SMILES string of the molecule is CN(CCc1ccccn1)CC1CN2CCC1CC2CNC(=O)c1ccc(N(C)C)cc1. The van der Waals surface area contributed by atoms with Gasteiger partial charge in [0.15, 0.2) is 0 Å². The number of amides is 1. The molecule has 0 radical (unpaired) electrons. The second kappa shape index (κ2) is 10.5. The van der Waals surface area contributed by atoms with Gasteiger partial charge in [-0.3, -0.25) is 14.7 Å². The highest BCUT2D eigenvalue weighted by Gasteiger charge is 2.40. The van der Waals surface area contributed by atoms with Gasteiger partial charge >= 0.3 is 0 Å². The summed E-state index contributed by atoms with van der Waals surface area (Å²) in [5.74, 6) is 1.52. The van der Waals surface area contributed by atoms with Gasteiger partial charge in [-0.05, 0) is 74.7 Å². The molecule has 2 bridgehead atoms. The van der Waals surface area contributed by atoms with Crippen molar-refractivity contribution < 1.29 is 4.79 Å². The number of aromatic nitrogens is 1. The number of pyridine rings is 1. The van der Waals surface area contributed by atoms with Gasteiger partial charge in [-0.1, -0.05) is 6.07 Å². The first-order valence-electron chi connectivity index (χ1n) is 11.9. The Balaban J connectivity index is 1.22. The molecule has 3 fully saturated rings. The summed E-state index contributed by atoms with van der Waals surface area (Å²) in [6.45, 7) is 5.25. The number of carbonyl (C=O) groups excluding carboxylic acids is 1. The summed E-state index contributed by atoms with van der Waals surface area (Å²) in [5.41, 5.74) is 3.01. The fraction of sp³-hybridized carbons (Fsp3) is 0.538. The predicted molar refractivity (Wildman–Crippen MR) is 130 cm³/mol. The number of hydrogen-bond donors (Lipinski definition) is 1. The molecule has 4 atom stereocenters. The van der Waals surface area contributed by atoms with Crippen LogP contribution in [0, 0.1) is 11.8 Å². The Hall–Kier alpha value is -2.44. The quantitative estimate of drug-likeness (QED) is 0.656. The van der Waals surface area contributed by atoms with E-state index in [4.69, 9.17) is 0 Å². The molecule has 6 nitrogen and oxygen atoms in total. The molecule has 4 unspecified atom stereocenters. The minimum absolute atomic E-state index is 0.0313. The van der Waals surface area contributed by atoms with Gasteiger partial charge < -0.3 is 15.1 Å². The fourth-order valence-corrected chi connectivity index (χ4v) is 5.24. The van der Waals surface area contributed by atoms with Gasteiger partial charge in [0.2, 0.25) is 0 Å². The van der Waals surface area contributed by atoms with Crippen LogP contribution in [0.1, 0.15) is 28.9 Å². The Bertz CT molecular complexity index is 870. The first-order valence-corrected chi connectivity index (χ1v) is 11.9. The van der Waals surface area contributed by atoms with E-state index in [1.807, 2.05) is 55.5 Å². The largest absolute Gasteiger partial charge is 0.378 e. The molecule has 0 spiro atoms. The molecule has 3 aliphatic heterocycles. The van der Waals surface area contributed by atoms with Crippen molar-refractivity contribution in [2.45, 2.75) is 25.3 Å². The van der Waals surface area contributed by atoms with Crippen molar-refractivity contribution in [3.05, 3.63) is 59.9 Å². The maximum atomic E-state index is 12.6. The lowest BCUT2D eigenvalue weighted by Crippen LogP contribution is -2.58. The molecule has 0 aliphatic carbocycles. The van der Waals surface area contributed by atoms with Crippen LogP contribution in [0.15, 0.2) is 48.7 Å². The zero-order valence-electron chi connectivity index (χ0n) is 19.7. The molecule has 6 heteroatoms. The highest BCUT2D eigenvalue weighted by atomic mass is 16.1. The van der Waals surface area contributed by atoms with E-state index >= 15 is 0 Å². The second-order valence-electron chi connectivity index (χ2n) is 9.68. The number of fused-ring (bicyclic) bond motifs is 3. The average molecular weight is 436 g/mol. The third-order valence-electron chi connectivity index (χ3n) is 7.18. The molecule has 1 aromatic heterocycles. The van der Waals surface area contributed by atoms with Crippen LogP contribution in [0.4, 0.5) is 5.69 Å². The van der Waals surface area contributed by atoms with Crippen LogP contribution < -0.4 is 10.2 Å². The van der Waals surface area contributed by atoms with E-state index in [0.717, 1.165) is 62.2 Å². The fourth-order valence-electron chi connectivity index (χ4n) is 5.24. The van der Waals surface area contributed by atoms with Crippen molar-refractivity contribution in [1.29, 1.82) is 0 Å². The summed E-state index contributed by atoms with van der Waals surface area (Å²) in [7, 11) is 6.25. The Morgan fingerprint density at radius 1 is 1.16 bits per heavy atom. The second-order valence-corrected chi connectivity index (χ2v) is 9.68. The third-order valence-corrected chi connectivity index (χ3v) is 7.18. The number of carbonyl (C=O) groups is 1.